The molecule has 0 atom stereocenters. The monoisotopic (exact) mass is 354 g/mol. The molecule has 0 radical (unpaired) electrons. The number of ether oxygens (including phenoxy) is 2. The van der Waals surface area contributed by atoms with Gasteiger partial charge < -0.3 is 9.47 Å². The third-order valence-electron chi connectivity index (χ3n) is 3.89. The van der Waals surface area contributed by atoms with Crippen LogP contribution in [0.3, 0.4) is 0 Å². The number of nitrogens with zero attached hydrogens (tertiary/aromatic N) is 1. The number of carbonyl (C=O) groups is 1. The Morgan fingerprint density at radius 2 is 1.73 bits per heavy atom. The summed E-state index contributed by atoms with van der Waals surface area (Å²) in [4.78, 5) is 12.3. The van der Waals surface area contributed by atoms with Gasteiger partial charge in [0.05, 0.1) is 19.4 Å². The summed E-state index contributed by atoms with van der Waals surface area (Å²) < 4.78 is 11.0. The molecule has 0 fully saturated rings. The van der Waals surface area contributed by atoms with Gasteiger partial charge in [0.2, 0.25) is 0 Å². The molecule has 0 aliphatic heterocycles. The summed E-state index contributed by atoms with van der Waals surface area (Å²) >= 11 is 0. The van der Waals surface area contributed by atoms with Crippen molar-refractivity contribution in [1.82, 2.24) is 5.43 Å². The third kappa shape index (κ3) is 4.85. The molecule has 0 heterocycles. The van der Waals surface area contributed by atoms with Crippen LogP contribution < -0.4 is 14.9 Å². The van der Waals surface area contributed by atoms with E-state index in [1.165, 1.54) is 5.56 Å². The molecule has 0 aliphatic rings. The number of hydrogen-bond acceptors (Lipinski definition) is 4. The van der Waals surface area contributed by atoms with Gasteiger partial charge in [-0.2, -0.15) is 5.10 Å². The molecule has 2 aromatic rings. The first-order chi connectivity index (χ1) is 12.3. The molecule has 5 nitrogen and oxygen atoms in total. The average molecular weight is 354 g/mol. The number of amides is 1. The van der Waals surface area contributed by atoms with Crippen LogP contribution in [0.4, 0.5) is 0 Å². The first-order valence-electron chi connectivity index (χ1n) is 8.57. The number of aryl methyl sites for hydroxylation is 3. The maximum Gasteiger partial charge on any atom is 0.271 e. The van der Waals surface area contributed by atoms with Gasteiger partial charge in [-0.25, -0.2) is 5.43 Å². The van der Waals surface area contributed by atoms with Crippen molar-refractivity contribution in [1.29, 1.82) is 0 Å². The molecule has 0 saturated heterocycles. The predicted octanol–water partition coefficient (Wildman–Crippen LogP) is 4.17. The van der Waals surface area contributed by atoms with E-state index in [2.05, 4.69) is 29.6 Å². The zero-order chi connectivity index (χ0) is 19.3. The quantitative estimate of drug-likeness (QED) is 0.625. The van der Waals surface area contributed by atoms with Gasteiger partial charge in [-0.1, -0.05) is 17.7 Å². The maximum absolute atomic E-state index is 12.3. The van der Waals surface area contributed by atoms with Crippen LogP contribution >= 0.6 is 0 Å². The smallest absolute Gasteiger partial charge is 0.271 e. The first kappa shape index (κ1) is 19.5. The van der Waals surface area contributed by atoms with Crippen molar-refractivity contribution in [3.05, 3.63) is 58.1 Å². The van der Waals surface area contributed by atoms with E-state index in [0.29, 0.717) is 17.1 Å². The van der Waals surface area contributed by atoms with Gasteiger partial charge in [0.1, 0.15) is 0 Å². The van der Waals surface area contributed by atoms with Crippen LogP contribution in [0.25, 0.3) is 0 Å². The summed E-state index contributed by atoms with van der Waals surface area (Å²) in [5.41, 5.74) is 7.47. The van der Waals surface area contributed by atoms with Gasteiger partial charge in [-0.15, -0.1) is 0 Å². The fourth-order valence-electron chi connectivity index (χ4n) is 2.77. The number of methoxy groups -OCH3 is 1. The number of rotatable bonds is 6. The Morgan fingerprint density at radius 1 is 1.08 bits per heavy atom. The fourth-order valence-corrected chi connectivity index (χ4v) is 2.77. The Bertz CT molecular complexity index is 803. The Labute approximate surface area is 155 Å². The van der Waals surface area contributed by atoms with Crippen LogP contribution in [0.2, 0.25) is 0 Å². The van der Waals surface area contributed by atoms with Crippen LogP contribution in [-0.4, -0.2) is 25.3 Å². The van der Waals surface area contributed by atoms with E-state index in [0.717, 1.165) is 16.7 Å². The molecule has 0 unspecified atom stereocenters. The second kappa shape index (κ2) is 8.52. The van der Waals surface area contributed by atoms with Crippen molar-refractivity contribution < 1.29 is 14.3 Å². The predicted molar refractivity (Wildman–Crippen MR) is 104 cm³/mol. The minimum atomic E-state index is -0.307. The van der Waals surface area contributed by atoms with Crippen LogP contribution in [0.5, 0.6) is 11.5 Å². The Kier molecular flexibility index (Phi) is 6.39. The van der Waals surface area contributed by atoms with Crippen molar-refractivity contribution in [2.24, 2.45) is 5.10 Å². The van der Waals surface area contributed by atoms with Crippen LogP contribution in [-0.2, 0) is 0 Å². The third-order valence-corrected chi connectivity index (χ3v) is 3.89. The summed E-state index contributed by atoms with van der Waals surface area (Å²) in [6.07, 6.45) is 1.70. The molecule has 1 N–H and O–H groups in total. The van der Waals surface area contributed by atoms with Crippen molar-refractivity contribution in [2.45, 2.75) is 40.7 Å². The second-order valence-corrected chi connectivity index (χ2v) is 6.54. The van der Waals surface area contributed by atoms with Crippen LogP contribution in [0.15, 0.2) is 35.4 Å². The summed E-state index contributed by atoms with van der Waals surface area (Å²) in [7, 11) is 1.55. The van der Waals surface area contributed by atoms with Crippen molar-refractivity contribution in [2.75, 3.05) is 7.11 Å². The van der Waals surface area contributed by atoms with E-state index < -0.39 is 0 Å². The normalized spacial score (nSPS) is 11.0. The van der Waals surface area contributed by atoms with Gasteiger partial charge in [0.25, 0.3) is 5.91 Å². The molecule has 138 valence electrons. The van der Waals surface area contributed by atoms with E-state index in [4.69, 9.17) is 9.47 Å². The minimum absolute atomic E-state index is 0.0224. The molecule has 26 heavy (non-hydrogen) atoms. The number of benzene rings is 2. The molecule has 0 spiro atoms. The zero-order valence-corrected chi connectivity index (χ0v) is 16.2. The Balaban J connectivity index is 2.13. The van der Waals surface area contributed by atoms with Gasteiger partial charge in [0, 0.05) is 11.1 Å². The van der Waals surface area contributed by atoms with E-state index in [1.807, 2.05) is 27.7 Å². The second-order valence-electron chi connectivity index (χ2n) is 6.54. The maximum atomic E-state index is 12.3. The van der Waals surface area contributed by atoms with Crippen LogP contribution in [0, 0.1) is 20.8 Å². The number of hydrogen-bond donors (Lipinski definition) is 1. The molecule has 0 aromatic heterocycles. The van der Waals surface area contributed by atoms with Crippen molar-refractivity contribution in [3.8, 4) is 11.5 Å². The van der Waals surface area contributed by atoms with Gasteiger partial charge in [0.15, 0.2) is 11.5 Å². The Morgan fingerprint density at radius 3 is 2.31 bits per heavy atom. The zero-order valence-electron chi connectivity index (χ0n) is 16.2. The number of carbonyl (C=O) groups excluding carboxylic acids is 1. The van der Waals surface area contributed by atoms with E-state index in [-0.39, 0.29) is 12.0 Å². The van der Waals surface area contributed by atoms with Gasteiger partial charge in [-0.3, -0.25) is 4.79 Å². The summed E-state index contributed by atoms with van der Waals surface area (Å²) in [5, 5.41) is 4.10. The molecular weight excluding hydrogens is 328 g/mol. The molecule has 0 saturated carbocycles. The highest BCUT2D eigenvalue weighted by Gasteiger charge is 2.12. The fraction of sp³-hybridized carbons (Fsp3) is 0.333. The molecule has 2 aromatic carbocycles. The van der Waals surface area contributed by atoms with Gasteiger partial charge >= 0.3 is 0 Å². The Hall–Kier alpha value is -2.82. The highest BCUT2D eigenvalue weighted by atomic mass is 16.5. The standard InChI is InChI=1S/C21H26N2O3/c1-13(2)26-19-8-7-17(11-20(19)25-6)21(24)23-22-12-18-15(4)9-14(3)10-16(18)5/h7-13H,1-6H3,(H,23,24)/b22-12-. The number of nitrogens with one attached hydrogen (secondary N) is 1. The highest BCUT2D eigenvalue weighted by Crippen LogP contribution is 2.28. The van der Waals surface area contributed by atoms with Crippen molar-refractivity contribution in [3.63, 3.8) is 0 Å². The number of hydrazone groups is 1. The topological polar surface area (TPSA) is 59.9 Å². The summed E-state index contributed by atoms with van der Waals surface area (Å²) in [6, 6.07) is 9.24. The van der Waals surface area contributed by atoms with E-state index >= 15 is 0 Å². The lowest BCUT2D eigenvalue weighted by molar-refractivity contribution is 0.0954. The molecule has 1 amide bonds. The molecule has 2 rings (SSSR count). The molecule has 5 heteroatoms. The molecule has 0 aliphatic carbocycles. The first-order valence-corrected chi connectivity index (χ1v) is 8.57. The van der Waals surface area contributed by atoms with Gasteiger partial charge in [-0.05, 0) is 63.9 Å². The average Bonchev–Trinajstić information content (AvgIpc) is 2.56. The minimum Gasteiger partial charge on any atom is -0.493 e. The summed E-state index contributed by atoms with van der Waals surface area (Å²) in [6.45, 7) is 9.99. The SMILES string of the molecule is COc1cc(C(=O)N/N=C\c2c(C)cc(C)cc2C)ccc1OC(C)C. The highest BCUT2D eigenvalue weighted by molar-refractivity contribution is 5.95. The van der Waals surface area contributed by atoms with E-state index in [1.54, 1.807) is 31.5 Å². The summed E-state index contributed by atoms with van der Waals surface area (Å²) in [5.74, 6) is 0.812. The lowest BCUT2D eigenvalue weighted by Crippen LogP contribution is -2.18. The lowest BCUT2D eigenvalue weighted by atomic mass is 10.0. The van der Waals surface area contributed by atoms with Crippen molar-refractivity contribution >= 4 is 12.1 Å². The lowest BCUT2D eigenvalue weighted by Gasteiger charge is -2.14. The van der Waals surface area contributed by atoms with Crippen LogP contribution in [0.1, 0.15) is 46.5 Å². The molecular formula is C21H26N2O3. The molecule has 0 bridgehead atoms. The van der Waals surface area contributed by atoms with E-state index in [9.17, 15) is 4.79 Å². The largest absolute Gasteiger partial charge is 0.493 e.